The summed E-state index contributed by atoms with van der Waals surface area (Å²) in [6.45, 7) is 5.71. The summed E-state index contributed by atoms with van der Waals surface area (Å²) in [5.41, 5.74) is 6.19. The van der Waals surface area contributed by atoms with Gasteiger partial charge in [-0.15, -0.1) is 0 Å². The first-order valence-electron chi connectivity index (χ1n) is 6.63. The summed E-state index contributed by atoms with van der Waals surface area (Å²) in [4.78, 5) is 4.18. The molecule has 18 heavy (non-hydrogen) atoms. The van der Waals surface area contributed by atoms with Gasteiger partial charge in [0.2, 0.25) is 0 Å². The SMILES string of the molecule is Cn1ncnc1COC1(CN)CCC(C)(C)CC1. The maximum atomic E-state index is 6.09. The minimum atomic E-state index is -0.165. The maximum absolute atomic E-state index is 6.09. The Morgan fingerprint density at radius 1 is 1.33 bits per heavy atom. The van der Waals surface area contributed by atoms with Crippen LogP contribution in [0, 0.1) is 5.41 Å². The number of rotatable bonds is 4. The molecule has 1 saturated carbocycles. The molecule has 5 heteroatoms. The zero-order chi connectivity index (χ0) is 13.2. The molecular formula is C13H24N4O. The van der Waals surface area contributed by atoms with Crippen molar-refractivity contribution in [1.82, 2.24) is 14.8 Å². The average molecular weight is 252 g/mol. The average Bonchev–Trinajstić information content (AvgIpc) is 2.75. The number of aryl methyl sites for hydroxylation is 1. The van der Waals surface area contributed by atoms with Gasteiger partial charge in [-0.2, -0.15) is 5.10 Å². The highest BCUT2D eigenvalue weighted by atomic mass is 16.5. The molecule has 2 N–H and O–H groups in total. The molecule has 102 valence electrons. The van der Waals surface area contributed by atoms with Gasteiger partial charge in [-0.1, -0.05) is 13.8 Å². The number of hydrogen-bond donors (Lipinski definition) is 1. The standard InChI is InChI=1S/C13H24N4O/c1-12(2)4-6-13(9-14,7-5-12)18-8-11-15-10-16-17(11)3/h10H,4-9,14H2,1-3H3. The zero-order valence-electron chi connectivity index (χ0n) is 11.6. The van der Waals surface area contributed by atoms with Crippen LogP contribution in [0.4, 0.5) is 0 Å². The van der Waals surface area contributed by atoms with E-state index in [0.717, 1.165) is 18.7 Å². The van der Waals surface area contributed by atoms with Crippen LogP contribution in [0.15, 0.2) is 6.33 Å². The number of hydrogen-bond acceptors (Lipinski definition) is 4. The van der Waals surface area contributed by atoms with Crippen LogP contribution in [0.3, 0.4) is 0 Å². The monoisotopic (exact) mass is 252 g/mol. The largest absolute Gasteiger partial charge is 0.366 e. The highest BCUT2D eigenvalue weighted by Crippen LogP contribution is 2.41. The number of nitrogens with two attached hydrogens (primary N) is 1. The van der Waals surface area contributed by atoms with Crippen LogP contribution in [0.5, 0.6) is 0 Å². The van der Waals surface area contributed by atoms with Gasteiger partial charge in [-0.3, -0.25) is 4.68 Å². The first-order chi connectivity index (χ1) is 8.46. The molecule has 1 fully saturated rings. The second-order valence-corrected chi connectivity index (χ2v) is 6.14. The quantitative estimate of drug-likeness (QED) is 0.884. The fourth-order valence-electron chi connectivity index (χ4n) is 2.46. The van der Waals surface area contributed by atoms with E-state index in [1.807, 2.05) is 7.05 Å². The van der Waals surface area contributed by atoms with Crippen LogP contribution in [0.25, 0.3) is 0 Å². The van der Waals surface area contributed by atoms with Crippen LogP contribution in [-0.2, 0) is 18.4 Å². The van der Waals surface area contributed by atoms with E-state index in [2.05, 4.69) is 23.9 Å². The van der Waals surface area contributed by atoms with E-state index >= 15 is 0 Å². The molecule has 1 heterocycles. The second-order valence-electron chi connectivity index (χ2n) is 6.14. The molecule has 1 aromatic heterocycles. The van der Waals surface area contributed by atoms with Crippen molar-refractivity contribution in [2.45, 2.75) is 51.7 Å². The molecule has 0 atom stereocenters. The van der Waals surface area contributed by atoms with Crippen molar-refractivity contribution in [3.63, 3.8) is 0 Å². The Morgan fingerprint density at radius 2 is 2.00 bits per heavy atom. The first kappa shape index (κ1) is 13.5. The van der Waals surface area contributed by atoms with E-state index in [1.165, 1.54) is 12.8 Å². The summed E-state index contributed by atoms with van der Waals surface area (Å²) in [6, 6.07) is 0. The van der Waals surface area contributed by atoms with Gasteiger partial charge in [0, 0.05) is 13.6 Å². The number of aromatic nitrogens is 3. The Balaban J connectivity index is 1.96. The third-order valence-electron chi connectivity index (χ3n) is 4.20. The predicted octanol–water partition coefficient (Wildman–Crippen LogP) is 1.63. The van der Waals surface area contributed by atoms with Gasteiger partial charge in [-0.25, -0.2) is 4.98 Å². The van der Waals surface area contributed by atoms with E-state index in [9.17, 15) is 0 Å². The van der Waals surface area contributed by atoms with Crippen LogP contribution in [-0.4, -0.2) is 26.9 Å². The molecule has 0 aromatic carbocycles. The summed E-state index contributed by atoms with van der Waals surface area (Å²) in [6.07, 6.45) is 5.96. The van der Waals surface area contributed by atoms with Crippen LogP contribution in [0.2, 0.25) is 0 Å². The third kappa shape index (κ3) is 2.90. The van der Waals surface area contributed by atoms with Crippen molar-refractivity contribution < 1.29 is 4.74 Å². The molecule has 0 amide bonds. The third-order valence-corrected chi connectivity index (χ3v) is 4.20. The minimum Gasteiger partial charge on any atom is -0.366 e. The van der Waals surface area contributed by atoms with Gasteiger partial charge in [0.05, 0.1) is 5.60 Å². The Kier molecular flexibility index (Phi) is 3.73. The van der Waals surface area contributed by atoms with Crippen molar-refractivity contribution in [3.05, 3.63) is 12.2 Å². The lowest BCUT2D eigenvalue weighted by atomic mass is 9.71. The van der Waals surface area contributed by atoms with E-state index in [1.54, 1.807) is 11.0 Å². The summed E-state index contributed by atoms with van der Waals surface area (Å²) in [5, 5.41) is 4.05. The van der Waals surface area contributed by atoms with Gasteiger partial charge in [0.15, 0.2) is 5.82 Å². The van der Waals surface area contributed by atoms with Gasteiger partial charge in [0.1, 0.15) is 12.9 Å². The van der Waals surface area contributed by atoms with E-state index in [-0.39, 0.29) is 5.60 Å². The Hall–Kier alpha value is -0.940. The molecule has 5 nitrogen and oxygen atoms in total. The molecule has 1 aromatic rings. The lowest BCUT2D eigenvalue weighted by Crippen LogP contribution is -2.45. The smallest absolute Gasteiger partial charge is 0.152 e. The second kappa shape index (κ2) is 4.97. The Morgan fingerprint density at radius 3 is 2.50 bits per heavy atom. The minimum absolute atomic E-state index is 0.165. The zero-order valence-corrected chi connectivity index (χ0v) is 11.6. The predicted molar refractivity (Wildman–Crippen MR) is 69.8 cm³/mol. The molecule has 1 aliphatic rings. The summed E-state index contributed by atoms with van der Waals surface area (Å²) in [5.74, 6) is 0.854. The topological polar surface area (TPSA) is 66.0 Å². The van der Waals surface area contributed by atoms with Crippen LogP contribution < -0.4 is 5.73 Å². The maximum Gasteiger partial charge on any atom is 0.152 e. The molecular weight excluding hydrogens is 228 g/mol. The highest BCUT2D eigenvalue weighted by Gasteiger charge is 2.38. The lowest BCUT2D eigenvalue weighted by molar-refractivity contribution is -0.0930. The molecule has 0 unspecified atom stereocenters. The fraction of sp³-hybridized carbons (Fsp3) is 0.846. The van der Waals surface area contributed by atoms with Crippen molar-refractivity contribution in [3.8, 4) is 0 Å². The molecule has 0 radical (unpaired) electrons. The van der Waals surface area contributed by atoms with Crippen LogP contribution in [0.1, 0.15) is 45.4 Å². The van der Waals surface area contributed by atoms with Gasteiger partial charge < -0.3 is 10.5 Å². The summed E-state index contributed by atoms with van der Waals surface area (Å²) >= 11 is 0. The molecule has 0 spiro atoms. The van der Waals surface area contributed by atoms with E-state index in [4.69, 9.17) is 10.5 Å². The summed E-state index contributed by atoms with van der Waals surface area (Å²) in [7, 11) is 1.88. The Bertz CT molecular complexity index is 389. The number of ether oxygens (including phenoxy) is 1. The summed E-state index contributed by atoms with van der Waals surface area (Å²) < 4.78 is 7.84. The normalized spacial score (nSPS) is 22.0. The van der Waals surface area contributed by atoms with E-state index < -0.39 is 0 Å². The van der Waals surface area contributed by atoms with Crippen LogP contribution >= 0.6 is 0 Å². The molecule has 0 saturated heterocycles. The molecule has 0 aliphatic heterocycles. The van der Waals surface area contributed by atoms with Gasteiger partial charge in [-0.05, 0) is 31.1 Å². The first-order valence-corrected chi connectivity index (χ1v) is 6.63. The fourth-order valence-corrected chi connectivity index (χ4v) is 2.46. The van der Waals surface area contributed by atoms with E-state index in [0.29, 0.717) is 18.6 Å². The van der Waals surface area contributed by atoms with Gasteiger partial charge >= 0.3 is 0 Å². The van der Waals surface area contributed by atoms with Crippen molar-refractivity contribution in [2.75, 3.05) is 6.54 Å². The highest BCUT2D eigenvalue weighted by molar-refractivity contribution is 4.92. The van der Waals surface area contributed by atoms with Crippen molar-refractivity contribution >= 4 is 0 Å². The van der Waals surface area contributed by atoms with Crippen molar-refractivity contribution in [2.24, 2.45) is 18.2 Å². The Labute approximate surface area is 109 Å². The van der Waals surface area contributed by atoms with Gasteiger partial charge in [0.25, 0.3) is 0 Å². The molecule has 1 aliphatic carbocycles. The molecule has 0 bridgehead atoms. The molecule has 2 rings (SSSR count). The van der Waals surface area contributed by atoms with Crippen molar-refractivity contribution in [1.29, 1.82) is 0 Å². The lowest BCUT2D eigenvalue weighted by Gasteiger charge is -2.42. The number of nitrogens with zero attached hydrogens (tertiary/aromatic N) is 3.